The number of benzene rings is 2. The van der Waals surface area contributed by atoms with Gasteiger partial charge in [-0.15, -0.1) is 0 Å². The van der Waals surface area contributed by atoms with E-state index < -0.39 is 41.4 Å². The summed E-state index contributed by atoms with van der Waals surface area (Å²) in [4.78, 5) is 36.7. The van der Waals surface area contributed by atoms with Crippen LogP contribution in [0.25, 0.3) is 10.8 Å². The summed E-state index contributed by atoms with van der Waals surface area (Å²) in [5.74, 6) is -3.49. The number of carbonyl (C=O) groups is 2. The highest BCUT2D eigenvalue weighted by molar-refractivity contribution is 6.03. The van der Waals surface area contributed by atoms with Crippen molar-refractivity contribution in [1.82, 2.24) is 9.78 Å². The summed E-state index contributed by atoms with van der Waals surface area (Å²) in [7, 11) is 0. The molecule has 1 amide bonds. The first kappa shape index (κ1) is 20.1. The second-order valence-electron chi connectivity index (χ2n) is 5.89. The lowest BCUT2D eigenvalue weighted by molar-refractivity contribution is -0.119. The van der Waals surface area contributed by atoms with Crippen molar-refractivity contribution in [2.45, 2.75) is 6.54 Å². The predicted octanol–water partition coefficient (Wildman–Crippen LogP) is 1.46. The van der Waals surface area contributed by atoms with Crippen LogP contribution in [0.15, 0.2) is 47.3 Å². The number of nitrogens with one attached hydrogen (secondary N) is 1. The third-order valence-corrected chi connectivity index (χ3v) is 3.91. The maximum absolute atomic E-state index is 13.6. The van der Waals surface area contributed by atoms with Crippen LogP contribution in [0.1, 0.15) is 10.5 Å². The molecule has 2 aromatic carbocycles. The standard InChI is InChI=1S/C19H15F2N3O5/c20-11-5-6-14(21)15(9-11)22-16(26)10-29-19(28)17-12-3-1-2-4-13(12)18(27)24(23-17)7-8-25/h1-6,9,25H,7-8,10H2,(H,22,26). The molecule has 2 N–H and O–H groups in total. The minimum absolute atomic E-state index is 0.136. The molecule has 150 valence electrons. The fourth-order valence-corrected chi connectivity index (χ4v) is 2.61. The molecule has 1 heterocycles. The fourth-order valence-electron chi connectivity index (χ4n) is 2.61. The lowest BCUT2D eigenvalue weighted by atomic mass is 10.1. The fraction of sp³-hybridized carbons (Fsp3) is 0.158. The van der Waals surface area contributed by atoms with E-state index in [1.807, 2.05) is 0 Å². The Hall–Kier alpha value is -3.66. The van der Waals surface area contributed by atoms with Crippen LogP contribution in [-0.2, 0) is 16.1 Å². The van der Waals surface area contributed by atoms with Gasteiger partial charge < -0.3 is 15.2 Å². The van der Waals surface area contributed by atoms with Gasteiger partial charge in [0, 0.05) is 11.5 Å². The molecule has 0 aliphatic carbocycles. The number of hydrogen-bond acceptors (Lipinski definition) is 6. The highest BCUT2D eigenvalue weighted by atomic mass is 19.1. The van der Waals surface area contributed by atoms with Crippen LogP contribution in [0.2, 0.25) is 0 Å². The molecular weight excluding hydrogens is 388 g/mol. The van der Waals surface area contributed by atoms with E-state index in [1.54, 1.807) is 12.1 Å². The zero-order chi connectivity index (χ0) is 21.0. The molecule has 0 aliphatic rings. The second-order valence-corrected chi connectivity index (χ2v) is 5.89. The minimum atomic E-state index is -0.997. The van der Waals surface area contributed by atoms with Gasteiger partial charge in [-0.3, -0.25) is 9.59 Å². The Morgan fingerprint density at radius 3 is 2.59 bits per heavy atom. The topological polar surface area (TPSA) is 111 Å². The first-order valence-corrected chi connectivity index (χ1v) is 8.43. The van der Waals surface area contributed by atoms with E-state index in [0.29, 0.717) is 0 Å². The molecule has 0 saturated heterocycles. The zero-order valence-electron chi connectivity index (χ0n) is 14.9. The lowest BCUT2D eigenvalue weighted by Gasteiger charge is -2.10. The third-order valence-electron chi connectivity index (χ3n) is 3.91. The molecule has 0 radical (unpaired) electrons. The van der Waals surface area contributed by atoms with E-state index in [-0.39, 0.29) is 29.6 Å². The zero-order valence-corrected chi connectivity index (χ0v) is 14.9. The molecule has 1 aromatic heterocycles. The number of aliphatic hydroxyl groups is 1. The molecule has 3 rings (SSSR count). The number of aliphatic hydroxyl groups excluding tert-OH is 1. The van der Waals surface area contributed by atoms with Crippen LogP contribution in [0, 0.1) is 11.6 Å². The first-order valence-electron chi connectivity index (χ1n) is 8.43. The highest BCUT2D eigenvalue weighted by Gasteiger charge is 2.19. The molecular formula is C19H15F2N3O5. The van der Waals surface area contributed by atoms with Crippen LogP contribution in [0.4, 0.5) is 14.5 Å². The Bertz CT molecular complexity index is 1150. The van der Waals surface area contributed by atoms with Crippen molar-refractivity contribution in [1.29, 1.82) is 0 Å². The maximum atomic E-state index is 13.6. The second kappa shape index (κ2) is 8.57. The van der Waals surface area contributed by atoms with Crippen molar-refractivity contribution in [2.75, 3.05) is 18.5 Å². The number of ether oxygens (including phenoxy) is 1. The number of rotatable bonds is 6. The Balaban J connectivity index is 1.79. The molecule has 0 saturated carbocycles. The SMILES string of the molecule is O=C(COC(=O)c1nn(CCO)c(=O)c2ccccc12)Nc1cc(F)ccc1F. The summed E-state index contributed by atoms with van der Waals surface area (Å²) in [6.07, 6.45) is 0. The Labute approximate surface area is 162 Å². The number of amides is 1. The molecule has 3 aromatic rings. The summed E-state index contributed by atoms with van der Waals surface area (Å²) in [6.45, 7) is -1.30. The van der Waals surface area contributed by atoms with Crippen LogP contribution >= 0.6 is 0 Å². The molecule has 29 heavy (non-hydrogen) atoms. The number of aromatic nitrogens is 2. The number of fused-ring (bicyclic) bond motifs is 1. The minimum Gasteiger partial charge on any atom is -0.451 e. The maximum Gasteiger partial charge on any atom is 0.359 e. The molecule has 0 atom stereocenters. The summed E-state index contributed by atoms with van der Waals surface area (Å²) >= 11 is 0. The van der Waals surface area contributed by atoms with Crippen molar-refractivity contribution < 1.29 is 28.2 Å². The number of esters is 1. The number of carbonyl (C=O) groups excluding carboxylic acids is 2. The average Bonchev–Trinajstić information content (AvgIpc) is 2.71. The molecule has 0 unspecified atom stereocenters. The number of hydrogen-bond donors (Lipinski definition) is 2. The van der Waals surface area contributed by atoms with Gasteiger partial charge in [0.2, 0.25) is 0 Å². The van der Waals surface area contributed by atoms with E-state index in [1.165, 1.54) is 12.1 Å². The lowest BCUT2D eigenvalue weighted by Crippen LogP contribution is -2.28. The molecule has 8 nitrogen and oxygen atoms in total. The number of halogens is 2. The van der Waals surface area contributed by atoms with Crippen molar-refractivity contribution in [3.05, 3.63) is 70.1 Å². The van der Waals surface area contributed by atoms with Gasteiger partial charge in [0.1, 0.15) is 11.6 Å². The molecule has 0 fully saturated rings. The average molecular weight is 403 g/mol. The highest BCUT2D eigenvalue weighted by Crippen LogP contribution is 2.16. The smallest absolute Gasteiger partial charge is 0.359 e. The Kier molecular flexibility index (Phi) is 5.93. The third kappa shape index (κ3) is 4.43. The largest absolute Gasteiger partial charge is 0.451 e. The Morgan fingerprint density at radius 2 is 1.86 bits per heavy atom. The van der Waals surface area contributed by atoms with E-state index >= 15 is 0 Å². The molecule has 0 spiro atoms. The van der Waals surface area contributed by atoms with Crippen molar-refractivity contribution in [2.24, 2.45) is 0 Å². The quantitative estimate of drug-likeness (QED) is 0.603. The molecule has 0 aliphatic heterocycles. The Morgan fingerprint density at radius 1 is 1.14 bits per heavy atom. The van der Waals surface area contributed by atoms with Gasteiger partial charge in [0.25, 0.3) is 11.5 Å². The van der Waals surface area contributed by atoms with Gasteiger partial charge >= 0.3 is 5.97 Å². The van der Waals surface area contributed by atoms with Crippen LogP contribution in [0.3, 0.4) is 0 Å². The molecule has 0 bridgehead atoms. The summed E-state index contributed by atoms with van der Waals surface area (Å²) in [5, 5.41) is 15.5. The predicted molar refractivity (Wildman–Crippen MR) is 98.4 cm³/mol. The van der Waals surface area contributed by atoms with E-state index in [0.717, 1.165) is 22.9 Å². The number of nitrogens with zero attached hydrogens (tertiary/aromatic N) is 2. The van der Waals surface area contributed by atoms with Gasteiger partial charge in [-0.05, 0) is 18.2 Å². The van der Waals surface area contributed by atoms with Crippen molar-refractivity contribution >= 4 is 28.3 Å². The molecule has 10 heteroatoms. The van der Waals surface area contributed by atoms with Gasteiger partial charge in [0.05, 0.1) is 24.2 Å². The number of anilines is 1. The monoisotopic (exact) mass is 403 g/mol. The van der Waals surface area contributed by atoms with Crippen molar-refractivity contribution in [3.8, 4) is 0 Å². The van der Waals surface area contributed by atoms with Crippen LogP contribution in [0.5, 0.6) is 0 Å². The van der Waals surface area contributed by atoms with Gasteiger partial charge in [-0.1, -0.05) is 18.2 Å². The normalized spacial score (nSPS) is 10.7. The van der Waals surface area contributed by atoms with Crippen LogP contribution in [-0.4, -0.2) is 40.0 Å². The summed E-state index contributed by atoms with van der Waals surface area (Å²) < 4.78 is 32.6. The van der Waals surface area contributed by atoms with E-state index in [4.69, 9.17) is 9.84 Å². The van der Waals surface area contributed by atoms with Gasteiger partial charge in [-0.25, -0.2) is 18.3 Å². The first-order chi connectivity index (χ1) is 13.9. The van der Waals surface area contributed by atoms with E-state index in [9.17, 15) is 23.2 Å². The van der Waals surface area contributed by atoms with Gasteiger partial charge in [-0.2, -0.15) is 5.10 Å². The van der Waals surface area contributed by atoms with E-state index in [2.05, 4.69) is 10.4 Å². The van der Waals surface area contributed by atoms with Crippen molar-refractivity contribution in [3.63, 3.8) is 0 Å². The van der Waals surface area contributed by atoms with Crippen LogP contribution < -0.4 is 10.9 Å². The summed E-state index contributed by atoms with van der Waals surface area (Å²) in [6, 6.07) is 8.70. The summed E-state index contributed by atoms with van der Waals surface area (Å²) in [5.41, 5.74) is -1.12. The van der Waals surface area contributed by atoms with Gasteiger partial charge in [0.15, 0.2) is 12.3 Å².